The molecule has 0 aliphatic heterocycles. The number of nitrogens with zero attached hydrogens (tertiary/aromatic N) is 2. The van der Waals surface area contributed by atoms with Gasteiger partial charge in [-0.25, -0.2) is 0 Å². The highest BCUT2D eigenvalue weighted by Crippen LogP contribution is 2.37. The van der Waals surface area contributed by atoms with Crippen molar-refractivity contribution < 1.29 is 18.4 Å². The topological polar surface area (TPSA) is 78.4 Å². The van der Waals surface area contributed by atoms with Crippen LogP contribution in [0.4, 0.5) is 0 Å². The van der Waals surface area contributed by atoms with E-state index in [2.05, 4.69) is 10.2 Å². The number of aromatic nitrogens is 2. The van der Waals surface area contributed by atoms with Gasteiger partial charge in [0.15, 0.2) is 0 Å². The van der Waals surface area contributed by atoms with Crippen LogP contribution in [0, 0.1) is 6.92 Å². The summed E-state index contributed by atoms with van der Waals surface area (Å²) in [5.41, 5.74) is 1.59. The van der Waals surface area contributed by atoms with Crippen LogP contribution in [0.5, 0.6) is 0 Å². The maximum absolute atomic E-state index is 12.0. The number of ether oxygens (including phenoxy) is 1. The number of furan rings is 1. The Kier molecular flexibility index (Phi) is 4.30. The Balaban J connectivity index is 1.84. The van der Waals surface area contributed by atoms with E-state index in [9.17, 15) is 4.79 Å². The Bertz CT molecular complexity index is 764. The molecule has 0 amide bonds. The van der Waals surface area contributed by atoms with Crippen LogP contribution in [-0.2, 0) is 9.53 Å². The molecule has 0 aliphatic carbocycles. The van der Waals surface area contributed by atoms with Crippen molar-refractivity contribution in [1.82, 2.24) is 10.2 Å². The first-order valence-corrected chi connectivity index (χ1v) is 8.16. The van der Waals surface area contributed by atoms with Crippen molar-refractivity contribution in [2.24, 2.45) is 0 Å². The Morgan fingerprint density at radius 2 is 2.27 bits per heavy atom. The Labute approximate surface area is 134 Å². The highest BCUT2D eigenvalue weighted by molar-refractivity contribution is 8.00. The molecule has 0 radical (unpaired) electrons. The molecule has 0 spiro atoms. The molecule has 0 fully saturated rings. The Hall–Kier alpha value is -2.06. The monoisotopic (exact) mass is 336 g/mol. The zero-order valence-corrected chi connectivity index (χ0v) is 13.4. The predicted molar refractivity (Wildman–Crippen MR) is 81.7 cm³/mol. The molecule has 22 heavy (non-hydrogen) atoms. The molecule has 8 heteroatoms. The SMILES string of the molecule is COC(=O)[C@@H](Sc1nnc(-c2ccoc2C)o1)c1ccsc1. The molecular weight excluding hydrogens is 324 g/mol. The van der Waals surface area contributed by atoms with E-state index in [0.717, 1.165) is 22.9 Å². The van der Waals surface area contributed by atoms with Crippen LogP contribution in [0.1, 0.15) is 16.6 Å². The third-order valence-corrected chi connectivity index (χ3v) is 4.74. The van der Waals surface area contributed by atoms with E-state index in [4.69, 9.17) is 13.6 Å². The highest BCUT2D eigenvalue weighted by atomic mass is 32.2. The van der Waals surface area contributed by atoms with E-state index in [1.807, 2.05) is 23.8 Å². The first-order valence-electron chi connectivity index (χ1n) is 6.33. The molecule has 0 saturated carbocycles. The van der Waals surface area contributed by atoms with Gasteiger partial charge in [0.25, 0.3) is 11.1 Å². The smallest absolute Gasteiger partial charge is 0.323 e. The summed E-state index contributed by atoms with van der Waals surface area (Å²) >= 11 is 2.68. The van der Waals surface area contributed by atoms with E-state index >= 15 is 0 Å². The second-order valence-electron chi connectivity index (χ2n) is 4.34. The number of rotatable bonds is 5. The highest BCUT2D eigenvalue weighted by Gasteiger charge is 2.26. The van der Waals surface area contributed by atoms with E-state index in [-0.39, 0.29) is 5.97 Å². The summed E-state index contributed by atoms with van der Waals surface area (Å²) in [6.45, 7) is 1.81. The van der Waals surface area contributed by atoms with E-state index in [1.54, 1.807) is 12.3 Å². The van der Waals surface area contributed by atoms with Gasteiger partial charge in [-0.15, -0.1) is 10.2 Å². The fraction of sp³-hybridized carbons (Fsp3) is 0.214. The average molecular weight is 336 g/mol. The van der Waals surface area contributed by atoms with Crippen LogP contribution in [0.15, 0.2) is 43.2 Å². The van der Waals surface area contributed by atoms with Crippen molar-refractivity contribution >= 4 is 29.1 Å². The summed E-state index contributed by atoms with van der Waals surface area (Å²) in [7, 11) is 1.36. The summed E-state index contributed by atoms with van der Waals surface area (Å²) in [6, 6.07) is 3.63. The second-order valence-corrected chi connectivity index (χ2v) is 6.18. The average Bonchev–Trinajstić information content (AvgIpc) is 3.25. The minimum Gasteiger partial charge on any atom is -0.469 e. The van der Waals surface area contributed by atoms with Crippen LogP contribution in [-0.4, -0.2) is 23.3 Å². The lowest BCUT2D eigenvalue weighted by atomic mass is 10.2. The number of methoxy groups -OCH3 is 1. The maximum Gasteiger partial charge on any atom is 0.323 e. The molecule has 0 aromatic carbocycles. The minimum absolute atomic E-state index is 0.303. The zero-order valence-electron chi connectivity index (χ0n) is 11.8. The number of esters is 1. The van der Waals surface area contributed by atoms with Crippen LogP contribution in [0.25, 0.3) is 11.5 Å². The lowest BCUT2D eigenvalue weighted by molar-refractivity contribution is -0.140. The van der Waals surface area contributed by atoms with Crippen molar-refractivity contribution in [3.63, 3.8) is 0 Å². The van der Waals surface area contributed by atoms with Crippen molar-refractivity contribution in [2.75, 3.05) is 7.11 Å². The molecule has 3 heterocycles. The van der Waals surface area contributed by atoms with Crippen molar-refractivity contribution in [3.05, 3.63) is 40.5 Å². The van der Waals surface area contributed by atoms with Crippen LogP contribution in [0.2, 0.25) is 0 Å². The summed E-state index contributed by atoms with van der Waals surface area (Å²) in [4.78, 5) is 12.0. The largest absolute Gasteiger partial charge is 0.469 e. The molecule has 3 aromatic rings. The van der Waals surface area contributed by atoms with Gasteiger partial charge < -0.3 is 13.6 Å². The lowest BCUT2D eigenvalue weighted by Gasteiger charge is -2.09. The third-order valence-electron chi connectivity index (χ3n) is 2.98. The molecule has 0 N–H and O–H groups in total. The molecule has 114 valence electrons. The molecule has 0 bridgehead atoms. The number of carbonyl (C=O) groups is 1. The Morgan fingerprint density at radius 3 is 2.91 bits per heavy atom. The van der Waals surface area contributed by atoms with Crippen molar-refractivity contribution in [2.45, 2.75) is 17.4 Å². The normalized spacial score (nSPS) is 12.3. The maximum atomic E-state index is 12.0. The van der Waals surface area contributed by atoms with Crippen molar-refractivity contribution in [1.29, 1.82) is 0 Å². The van der Waals surface area contributed by atoms with Gasteiger partial charge in [-0.2, -0.15) is 11.3 Å². The quantitative estimate of drug-likeness (QED) is 0.519. The van der Waals surface area contributed by atoms with E-state index in [1.165, 1.54) is 18.4 Å². The zero-order chi connectivity index (χ0) is 15.5. The predicted octanol–water partition coefficient (Wildman–Crippen LogP) is 3.71. The van der Waals surface area contributed by atoms with Gasteiger partial charge in [-0.3, -0.25) is 4.79 Å². The fourth-order valence-corrected chi connectivity index (χ4v) is 3.52. The molecule has 6 nitrogen and oxygen atoms in total. The summed E-state index contributed by atoms with van der Waals surface area (Å²) < 4.78 is 15.7. The number of carbonyl (C=O) groups excluding carboxylic acids is 1. The number of hydrogen-bond donors (Lipinski definition) is 0. The van der Waals surface area contributed by atoms with Gasteiger partial charge >= 0.3 is 5.97 Å². The van der Waals surface area contributed by atoms with Gasteiger partial charge in [0.1, 0.15) is 11.0 Å². The first-order chi connectivity index (χ1) is 10.7. The number of thioether (sulfide) groups is 1. The second kappa shape index (κ2) is 6.37. The van der Waals surface area contributed by atoms with E-state index < -0.39 is 5.25 Å². The van der Waals surface area contributed by atoms with Gasteiger partial charge in [0, 0.05) is 0 Å². The van der Waals surface area contributed by atoms with Crippen LogP contribution >= 0.6 is 23.1 Å². The molecule has 0 unspecified atom stereocenters. The van der Waals surface area contributed by atoms with Gasteiger partial charge in [-0.1, -0.05) is 0 Å². The number of aryl methyl sites for hydroxylation is 1. The molecule has 0 aliphatic rings. The lowest BCUT2D eigenvalue weighted by Crippen LogP contribution is -2.10. The summed E-state index contributed by atoms with van der Waals surface area (Å²) in [5.74, 6) is 0.702. The van der Waals surface area contributed by atoms with Gasteiger partial charge in [0.2, 0.25) is 0 Å². The van der Waals surface area contributed by atoms with Crippen molar-refractivity contribution in [3.8, 4) is 11.5 Å². The molecule has 0 saturated heterocycles. The van der Waals surface area contributed by atoms with Crippen LogP contribution < -0.4 is 0 Å². The fourth-order valence-electron chi connectivity index (χ4n) is 1.86. The molecule has 3 rings (SSSR count). The molecule has 1 atom stereocenters. The van der Waals surface area contributed by atoms with Gasteiger partial charge in [-0.05, 0) is 47.1 Å². The number of hydrogen-bond acceptors (Lipinski definition) is 8. The minimum atomic E-state index is -0.532. The first kappa shape index (κ1) is 14.9. The van der Waals surface area contributed by atoms with E-state index in [0.29, 0.717) is 16.9 Å². The third kappa shape index (κ3) is 2.93. The van der Waals surface area contributed by atoms with Crippen LogP contribution in [0.3, 0.4) is 0 Å². The molecule has 3 aromatic heterocycles. The van der Waals surface area contributed by atoms with Gasteiger partial charge in [0.05, 0.1) is 18.9 Å². The Morgan fingerprint density at radius 1 is 1.41 bits per heavy atom. The number of thiophene rings is 1. The summed E-state index contributed by atoms with van der Waals surface area (Å²) in [5, 5.41) is 11.5. The summed E-state index contributed by atoms with van der Waals surface area (Å²) in [6.07, 6.45) is 1.56. The standard InChI is InChI=1S/C14H12N2O4S2/c1-8-10(3-5-19-8)12-15-16-14(20-12)22-11(13(17)18-2)9-4-6-21-7-9/h3-7,11H,1-2H3/t11-/m0/s1. The molecular formula is C14H12N2O4S2.